The summed E-state index contributed by atoms with van der Waals surface area (Å²) in [4.78, 5) is 11.7. The molecule has 4 N–H and O–H groups in total. The van der Waals surface area contributed by atoms with Crippen molar-refractivity contribution in [3.63, 3.8) is 0 Å². The fourth-order valence-electron chi connectivity index (χ4n) is 2.22. The number of nitrogens with zero attached hydrogens (tertiary/aromatic N) is 4. The molecule has 0 aliphatic carbocycles. The van der Waals surface area contributed by atoms with Crippen molar-refractivity contribution in [2.75, 3.05) is 12.1 Å². The van der Waals surface area contributed by atoms with Crippen LogP contribution in [0.5, 0.6) is 0 Å². The van der Waals surface area contributed by atoms with Crippen molar-refractivity contribution in [3.8, 4) is 0 Å². The summed E-state index contributed by atoms with van der Waals surface area (Å²) in [6.07, 6.45) is -1.83. The number of aromatic nitrogens is 4. The van der Waals surface area contributed by atoms with Crippen molar-refractivity contribution < 1.29 is 20.1 Å². The van der Waals surface area contributed by atoms with E-state index in [0.29, 0.717) is 0 Å². The largest absolute Gasteiger partial charge is 0.760 e. The lowest BCUT2D eigenvalue weighted by molar-refractivity contribution is -0.0511. The lowest BCUT2D eigenvalue weighted by atomic mass is 10.1. The summed E-state index contributed by atoms with van der Waals surface area (Å²) in [7, 11) is 0. The normalized spacial score (nSPS) is 30.0. The van der Waals surface area contributed by atoms with E-state index >= 15 is 0 Å². The molecule has 20 heavy (non-hydrogen) atoms. The molecule has 3 rings (SSSR count). The summed E-state index contributed by atoms with van der Waals surface area (Å²) in [6, 6.07) is 0. The molecule has 10 nitrogen and oxygen atoms in total. The first-order valence-corrected chi connectivity index (χ1v) is 5.85. The Morgan fingerprint density at radius 2 is 2.10 bits per heavy atom. The number of anilines is 1. The van der Waals surface area contributed by atoms with Gasteiger partial charge in [-0.15, -0.1) is 0 Å². The first kappa shape index (κ1) is 13.1. The van der Waals surface area contributed by atoms with Crippen LogP contribution in [0.1, 0.15) is 6.23 Å². The molecule has 1 aliphatic rings. The number of imidazole rings is 1. The maximum atomic E-state index is 10.7. The number of hydrogen-bond acceptors (Lipinski definition) is 9. The SMILES string of the molecule is [O-]Nc1ncnc2c1ncn2[C@@H]1O[C@H](CO)[C@@H](O)[C@H]1O. The van der Waals surface area contributed by atoms with E-state index in [0.717, 1.165) is 0 Å². The summed E-state index contributed by atoms with van der Waals surface area (Å²) in [6.45, 7) is -0.427. The van der Waals surface area contributed by atoms with Crippen LogP contribution in [-0.4, -0.2) is 59.8 Å². The minimum Gasteiger partial charge on any atom is -0.760 e. The highest BCUT2D eigenvalue weighted by Gasteiger charge is 2.43. The topological polar surface area (TPSA) is 149 Å². The van der Waals surface area contributed by atoms with Crippen molar-refractivity contribution in [3.05, 3.63) is 17.9 Å². The van der Waals surface area contributed by atoms with Crippen LogP contribution >= 0.6 is 0 Å². The first-order chi connectivity index (χ1) is 9.67. The van der Waals surface area contributed by atoms with Crippen LogP contribution in [0.2, 0.25) is 0 Å². The van der Waals surface area contributed by atoms with Gasteiger partial charge < -0.3 is 30.7 Å². The number of fused-ring (bicyclic) bond motifs is 1. The van der Waals surface area contributed by atoms with Crippen molar-refractivity contribution >= 4 is 17.0 Å². The maximum absolute atomic E-state index is 10.7. The quantitative estimate of drug-likeness (QED) is 0.485. The van der Waals surface area contributed by atoms with E-state index in [1.165, 1.54) is 17.2 Å². The van der Waals surface area contributed by atoms with E-state index in [4.69, 9.17) is 9.84 Å². The van der Waals surface area contributed by atoms with Gasteiger partial charge in [-0.05, 0) is 0 Å². The van der Waals surface area contributed by atoms with E-state index < -0.39 is 31.1 Å². The molecule has 0 saturated carbocycles. The van der Waals surface area contributed by atoms with E-state index in [-0.39, 0.29) is 17.0 Å². The third-order valence-electron chi connectivity index (χ3n) is 3.25. The third kappa shape index (κ3) is 1.82. The first-order valence-electron chi connectivity index (χ1n) is 5.85. The molecule has 0 radical (unpaired) electrons. The van der Waals surface area contributed by atoms with Gasteiger partial charge in [-0.3, -0.25) is 4.57 Å². The summed E-state index contributed by atoms with van der Waals surface area (Å²) >= 11 is 0. The highest BCUT2D eigenvalue weighted by molar-refractivity contribution is 5.82. The Kier molecular flexibility index (Phi) is 3.23. The van der Waals surface area contributed by atoms with Crippen molar-refractivity contribution in [2.45, 2.75) is 24.5 Å². The van der Waals surface area contributed by atoms with E-state index in [9.17, 15) is 15.4 Å². The fraction of sp³-hybridized carbons (Fsp3) is 0.500. The molecule has 0 aromatic carbocycles. The van der Waals surface area contributed by atoms with E-state index in [1.54, 1.807) is 5.48 Å². The number of aliphatic hydroxyl groups is 3. The Labute approximate surface area is 112 Å². The molecular formula is C10H12N5O5-. The van der Waals surface area contributed by atoms with Crippen molar-refractivity contribution in [1.82, 2.24) is 19.5 Å². The number of hydrogen-bond donors (Lipinski definition) is 4. The van der Waals surface area contributed by atoms with Gasteiger partial charge in [-0.25, -0.2) is 15.0 Å². The average molecular weight is 282 g/mol. The standard InChI is InChI=1S/C10H12N5O5/c16-1-4-6(17)7(18)10(20-4)15-3-13-5-8(14-19)11-2-12-9(5)15/h2-4,6-7,10,16-18H,1H2,(H-,11,12,14,19)/q-1/t4-,6-,7-,10-/m1/s1. The second kappa shape index (κ2) is 4.92. The Bertz CT molecular complexity index is 619. The smallest absolute Gasteiger partial charge is 0.167 e. The molecule has 4 atom stereocenters. The molecule has 2 aromatic rings. The van der Waals surface area contributed by atoms with Crippen LogP contribution in [0.4, 0.5) is 5.82 Å². The fourth-order valence-corrected chi connectivity index (χ4v) is 2.22. The van der Waals surface area contributed by atoms with Crippen LogP contribution in [0.3, 0.4) is 0 Å². The summed E-state index contributed by atoms with van der Waals surface area (Å²) in [5, 5.41) is 39.5. The van der Waals surface area contributed by atoms with Gasteiger partial charge in [0.2, 0.25) is 0 Å². The number of aliphatic hydroxyl groups excluding tert-OH is 3. The van der Waals surface area contributed by atoms with Crippen LogP contribution < -0.4 is 5.48 Å². The monoisotopic (exact) mass is 282 g/mol. The summed E-state index contributed by atoms with van der Waals surface area (Å²) in [5.41, 5.74) is 2.14. The molecule has 1 saturated heterocycles. The molecule has 1 fully saturated rings. The van der Waals surface area contributed by atoms with Gasteiger partial charge in [-0.2, -0.15) is 0 Å². The molecular weight excluding hydrogens is 270 g/mol. The van der Waals surface area contributed by atoms with Crippen molar-refractivity contribution in [2.24, 2.45) is 0 Å². The van der Waals surface area contributed by atoms with Gasteiger partial charge in [0.05, 0.1) is 12.9 Å². The van der Waals surface area contributed by atoms with Gasteiger partial charge in [0.15, 0.2) is 11.9 Å². The van der Waals surface area contributed by atoms with E-state index in [2.05, 4.69) is 15.0 Å². The molecule has 1 aliphatic heterocycles. The Balaban J connectivity index is 2.03. The summed E-state index contributed by atoms with van der Waals surface area (Å²) in [5.74, 6) is 0.000457. The highest BCUT2D eigenvalue weighted by atomic mass is 16.6. The summed E-state index contributed by atoms with van der Waals surface area (Å²) < 4.78 is 6.75. The van der Waals surface area contributed by atoms with Crippen LogP contribution in [0.25, 0.3) is 11.2 Å². The third-order valence-corrected chi connectivity index (χ3v) is 3.25. The average Bonchev–Trinajstić information content (AvgIpc) is 3.01. The van der Waals surface area contributed by atoms with Gasteiger partial charge in [0.1, 0.15) is 36.0 Å². The minimum atomic E-state index is -1.25. The molecule has 0 amide bonds. The van der Waals surface area contributed by atoms with Crippen LogP contribution in [0, 0.1) is 5.21 Å². The Morgan fingerprint density at radius 1 is 1.30 bits per heavy atom. The van der Waals surface area contributed by atoms with Crippen LogP contribution in [-0.2, 0) is 4.74 Å². The predicted octanol–water partition coefficient (Wildman–Crippen LogP) is -1.65. The second-order valence-corrected chi connectivity index (χ2v) is 4.38. The van der Waals surface area contributed by atoms with Gasteiger partial charge in [0.25, 0.3) is 0 Å². The zero-order valence-corrected chi connectivity index (χ0v) is 10.1. The number of rotatable bonds is 3. The second-order valence-electron chi connectivity index (χ2n) is 4.38. The number of nitrogens with one attached hydrogen (secondary N) is 1. The number of ether oxygens (including phenoxy) is 1. The lowest BCUT2D eigenvalue weighted by Crippen LogP contribution is -2.33. The molecule has 10 heteroatoms. The molecule has 2 aromatic heterocycles. The molecule has 108 valence electrons. The van der Waals surface area contributed by atoms with E-state index in [1.807, 2.05) is 0 Å². The zero-order valence-electron chi connectivity index (χ0n) is 10.1. The molecule has 0 unspecified atom stereocenters. The zero-order chi connectivity index (χ0) is 14.3. The van der Waals surface area contributed by atoms with Gasteiger partial charge >= 0.3 is 0 Å². The van der Waals surface area contributed by atoms with Gasteiger partial charge in [-0.1, -0.05) is 0 Å². The Morgan fingerprint density at radius 3 is 2.75 bits per heavy atom. The van der Waals surface area contributed by atoms with Crippen molar-refractivity contribution in [1.29, 1.82) is 0 Å². The Hall–Kier alpha value is -1.85. The lowest BCUT2D eigenvalue weighted by Gasteiger charge is -2.16. The highest BCUT2D eigenvalue weighted by Crippen LogP contribution is 2.31. The molecule has 3 heterocycles. The maximum Gasteiger partial charge on any atom is 0.167 e. The van der Waals surface area contributed by atoms with Crippen LogP contribution in [0.15, 0.2) is 12.7 Å². The van der Waals surface area contributed by atoms with Gasteiger partial charge in [0, 0.05) is 0 Å². The molecule has 0 spiro atoms. The molecule has 0 bridgehead atoms. The predicted molar refractivity (Wildman–Crippen MR) is 65.3 cm³/mol. The minimum absolute atomic E-state index is 0.000457.